The number of rotatable bonds is 7. The zero-order valence-corrected chi connectivity index (χ0v) is 19.3. The lowest BCUT2D eigenvalue weighted by Crippen LogP contribution is -2.05. The van der Waals surface area contributed by atoms with E-state index in [9.17, 15) is 17.8 Å². The number of carbonyl (C=O) groups is 1. The zero-order valence-electron chi connectivity index (χ0n) is 18.5. The molecule has 4 rings (SSSR count). The van der Waals surface area contributed by atoms with E-state index in [2.05, 4.69) is 6.92 Å². The van der Waals surface area contributed by atoms with Gasteiger partial charge in [-0.2, -0.15) is 8.42 Å². The Balaban J connectivity index is 1.77. The monoisotopic (exact) mass is 463 g/mol. The molecule has 0 atom stereocenters. The highest BCUT2D eigenvalue weighted by Gasteiger charge is 2.23. The summed E-state index contributed by atoms with van der Waals surface area (Å²) < 4.78 is 39.3. The SMILES string of the molecule is CCCCc1oc2ccc(N)cc2c1C(=O)c1ccc(-c2cc(C)ccc2S(=O)(=O)O)cc1. The van der Waals surface area contributed by atoms with E-state index in [1.807, 2.05) is 6.92 Å². The van der Waals surface area contributed by atoms with Crippen molar-refractivity contribution in [2.45, 2.75) is 38.0 Å². The van der Waals surface area contributed by atoms with Crippen LogP contribution in [0.1, 0.15) is 47.0 Å². The van der Waals surface area contributed by atoms with Gasteiger partial charge >= 0.3 is 0 Å². The van der Waals surface area contributed by atoms with Crippen LogP contribution in [0.25, 0.3) is 22.1 Å². The first kappa shape index (κ1) is 22.8. The van der Waals surface area contributed by atoms with Gasteiger partial charge in [0.15, 0.2) is 5.78 Å². The summed E-state index contributed by atoms with van der Waals surface area (Å²) in [7, 11) is -4.39. The molecule has 3 aromatic carbocycles. The van der Waals surface area contributed by atoms with Gasteiger partial charge in [-0.3, -0.25) is 9.35 Å². The van der Waals surface area contributed by atoms with Crippen LogP contribution in [-0.2, 0) is 16.5 Å². The number of ketones is 1. The second kappa shape index (κ2) is 8.84. The molecule has 0 spiro atoms. The van der Waals surface area contributed by atoms with Gasteiger partial charge in [0.05, 0.1) is 5.56 Å². The van der Waals surface area contributed by atoms with Crippen molar-refractivity contribution in [1.82, 2.24) is 0 Å². The number of aryl methyl sites for hydroxylation is 2. The lowest BCUT2D eigenvalue weighted by molar-refractivity contribution is 0.103. The average Bonchev–Trinajstić information content (AvgIpc) is 3.13. The first-order valence-corrected chi connectivity index (χ1v) is 12.2. The molecule has 0 aliphatic carbocycles. The predicted molar refractivity (Wildman–Crippen MR) is 129 cm³/mol. The minimum Gasteiger partial charge on any atom is -0.460 e. The summed E-state index contributed by atoms with van der Waals surface area (Å²) in [4.78, 5) is 13.3. The smallest absolute Gasteiger partial charge is 0.295 e. The molecule has 4 aromatic rings. The van der Waals surface area contributed by atoms with Gasteiger partial charge in [-0.05, 0) is 43.2 Å². The molecular formula is C26H25NO5S. The number of furan rings is 1. The quantitative estimate of drug-likeness (QED) is 0.203. The van der Waals surface area contributed by atoms with E-state index in [1.54, 1.807) is 54.6 Å². The molecule has 1 heterocycles. The van der Waals surface area contributed by atoms with Crippen LogP contribution in [0.4, 0.5) is 5.69 Å². The van der Waals surface area contributed by atoms with Crippen LogP contribution in [0.15, 0.2) is 70.0 Å². The number of unbranched alkanes of at least 4 members (excludes halogenated alkanes) is 1. The Labute approximate surface area is 192 Å². The molecule has 7 heteroatoms. The molecule has 0 aliphatic rings. The lowest BCUT2D eigenvalue weighted by Gasteiger charge is -2.10. The van der Waals surface area contributed by atoms with Crippen LogP contribution in [0.3, 0.4) is 0 Å². The maximum absolute atomic E-state index is 13.5. The topological polar surface area (TPSA) is 111 Å². The fraction of sp³-hybridized carbons (Fsp3) is 0.192. The number of fused-ring (bicyclic) bond motifs is 1. The molecule has 0 fully saturated rings. The van der Waals surface area contributed by atoms with Crippen molar-refractivity contribution in [3.8, 4) is 11.1 Å². The van der Waals surface area contributed by atoms with Crippen LogP contribution in [0.5, 0.6) is 0 Å². The van der Waals surface area contributed by atoms with Crippen molar-refractivity contribution in [1.29, 1.82) is 0 Å². The number of carbonyl (C=O) groups excluding carboxylic acids is 1. The summed E-state index contributed by atoms with van der Waals surface area (Å²) in [5, 5.41) is 0.683. The van der Waals surface area contributed by atoms with E-state index in [0.29, 0.717) is 51.1 Å². The third kappa shape index (κ3) is 4.55. The van der Waals surface area contributed by atoms with E-state index >= 15 is 0 Å². The highest BCUT2D eigenvalue weighted by atomic mass is 32.2. The summed E-state index contributed by atoms with van der Waals surface area (Å²) in [5.74, 6) is 0.454. The Morgan fingerprint density at radius 2 is 1.76 bits per heavy atom. The van der Waals surface area contributed by atoms with E-state index in [1.165, 1.54) is 6.07 Å². The van der Waals surface area contributed by atoms with Gasteiger partial charge in [0, 0.05) is 28.6 Å². The maximum atomic E-state index is 13.5. The minimum atomic E-state index is -4.39. The summed E-state index contributed by atoms with van der Waals surface area (Å²) in [6.45, 7) is 3.91. The minimum absolute atomic E-state index is 0.176. The summed E-state index contributed by atoms with van der Waals surface area (Å²) in [5.41, 5.74) is 9.89. The molecule has 0 aliphatic heterocycles. The van der Waals surface area contributed by atoms with Crippen molar-refractivity contribution in [3.05, 3.63) is 83.1 Å². The largest absolute Gasteiger partial charge is 0.460 e. The molecule has 170 valence electrons. The number of nitrogen functional groups attached to an aromatic ring is 1. The zero-order chi connectivity index (χ0) is 23.8. The first-order valence-electron chi connectivity index (χ1n) is 10.7. The number of nitrogens with two attached hydrogens (primary N) is 1. The Kier molecular flexibility index (Phi) is 6.10. The van der Waals surface area contributed by atoms with Crippen LogP contribution >= 0.6 is 0 Å². The lowest BCUT2D eigenvalue weighted by atomic mass is 9.96. The fourth-order valence-electron chi connectivity index (χ4n) is 3.97. The summed E-state index contributed by atoms with van der Waals surface area (Å²) in [6, 6.07) is 16.6. The second-order valence-electron chi connectivity index (χ2n) is 8.14. The highest BCUT2D eigenvalue weighted by Crippen LogP contribution is 2.32. The molecular weight excluding hydrogens is 438 g/mol. The van der Waals surface area contributed by atoms with E-state index in [4.69, 9.17) is 10.2 Å². The van der Waals surface area contributed by atoms with Crippen molar-refractivity contribution >= 4 is 32.6 Å². The normalized spacial score (nSPS) is 11.7. The van der Waals surface area contributed by atoms with Gasteiger partial charge in [0.25, 0.3) is 10.1 Å². The molecule has 0 unspecified atom stereocenters. The fourth-order valence-corrected chi connectivity index (χ4v) is 4.66. The van der Waals surface area contributed by atoms with E-state index in [0.717, 1.165) is 18.4 Å². The third-order valence-corrected chi connectivity index (χ3v) is 6.55. The van der Waals surface area contributed by atoms with Crippen molar-refractivity contribution < 1.29 is 22.2 Å². The van der Waals surface area contributed by atoms with Crippen LogP contribution in [0.2, 0.25) is 0 Å². The van der Waals surface area contributed by atoms with Crippen LogP contribution in [0, 0.1) is 6.92 Å². The number of hydrogen-bond acceptors (Lipinski definition) is 5. The van der Waals surface area contributed by atoms with Crippen LogP contribution < -0.4 is 5.73 Å². The van der Waals surface area contributed by atoms with Gasteiger partial charge in [-0.25, -0.2) is 0 Å². The average molecular weight is 464 g/mol. The molecule has 0 radical (unpaired) electrons. The Morgan fingerprint density at radius 3 is 2.42 bits per heavy atom. The standard InChI is InChI=1S/C26H25NO5S/c1-3-4-5-23-25(21-15-19(27)11-12-22(21)32-23)26(28)18-9-7-17(8-10-18)20-14-16(2)6-13-24(20)33(29,30)31/h6-15H,3-5,27H2,1-2H3,(H,29,30,31). The first-order chi connectivity index (χ1) is 15.7. The molecule has 6 nitrogen and oxygen atoms in total. The Morgan fingerprint density at radius 1 is 1.03 bits per heavy atom. The second-order valence-corrected chi connectivity index (χ2v) is 9.53. The van der Waals surface area contributed by atoms with Crippen molar-refractivity contribution in [3.63, 3.8) is 0 Å². The van der Waals surface area contributed by atoms with Crippen LogP contribution in [-0.4, -0.2) is 18.8 Å². The van der Waals surface area contributed by atoms with Crippen molar-refractivity contribution in [2.24, 2.45) is 0 Å². The summed E-state index contributed by atoms with van der Waals surface area (Å²) in [6.07, 6.45) is 2.50. The Bertz CT molecular complexity index is 1450. The highest BCUT2D eigenvalue weighted by molar-refractivity contribution is 7.86. The van der Waals surface area contributed by atoms with Gasteiger partial charge in [0.1, 0.15) is 16.2 Å². The molecule has 0 bridgehead atoms. The maximum Gasteiger partial charge on any atom is 0.295 e. The van der Waals surface area contributed by atoms with Gasteiger partial charge in [-0.1, -0.05) is 55.3 Å². The molecule has 0 amide bonds. The molecule has 0 saturated carbocycles. The van der Waals surface area contributed by atoms with Gasteiger partial charge in [0.2, 0.25) is 0 Å². The summed E-state index contributed by atoms with van der Waals surface area (Å²) >= 11 is 0. The number of benzene rings is 3. The molecule has 3 N–H and O–H groups in total. The number of hydrogen-bond donors (Lipinski definition) is 2. The van der Waals surface area contributed by atoms with E-state index < -0.39 is 10.1 Å². The van der Waals surface area contributed by atoms with Gasteiger partial charge in [-0.15, -0.1) is 0 Å². The third-order valence-electron chi connectivity index (χ3n) is 5.64. The molecule has 1 aromatic heterocycles. The van der Waals surface area contributed by atoms with Crippen molar-refractivity contribution in [2.75, 3.05) is 5.73 Å². The predicted octanol–water partition coefficient (Wildman–Crippen LogP) is 5.81. The molecule has 33 heavy (non-hydrogen) atoms. The van der Waals surface area contributed by atoms with E-state index in [-0.39, 0.29) is 10.7 Å². The number of anilines is 1. The van der Waals surface area contributed by atoms with Gasteiger partial charge < -0.3 is 10.2 Å². The Hall–Kier alpha value is -3.42. The molecule has 0 saturated heterocycles.